The number of anilines is 1. The largest absolute Gasteiger partial charge is 0.493 e. The van der Waals surface area contributed by atoms with Crippen LogP contribution in [-0.4, -0.2) is 39.5 Å². The lowest BCUT2D eigenvalue weighted by molar-refractivity contribution is 0.122. The molecule has 0 bridgehead atoms. The molecule has 0 aromatic heterocycles. The number of morpholine rings is 1. The maximum Gasteiger partial charge on any atom is 0.432 e. The Morgan fingerprint density at radius 3 is 2.38 bits per heavy atom. The Balaban J connectivity index is 2.28. The summed E-state index contributed by atoms with van der Waals surface area (Å²) in [5, 5.41) is 9.44. The van der Waals surface area contributed by atoms with E-state index in [1.54, 1.807) is 6.07 Å². The number of nitrogens with zero attached hydrogens (tertiary/aromatic N) is 3. The van der Waals surface area contributed by atoms with Crippen LogP contribution < -0.4 is 14.4 Å². The number of hydrogen-bond donors (Lipinski definition) is 0. The first-order chi connectivity index (χ1) is 11.8. The Bertz CT molecular complexity index is 551. The summed E-state index contributed by atoms with van der Waals surface area (Å²) in [6.45, 7) is 8.44. The quantitative estimate of drug-likeness (QED) is 0.496. The zero-order chi connectivity index (χ0) is 17.2. The smallest absolute Gasteiger partial charge is 0.432 e. The van der Waals surface area contributed by atoms with Crippen molar-refractivity contribution in [3.63, 3.8) is 0 Å². The van der Waals surface area contributed by atoms with Crippen molar-refractivity contribution in [3.05, 3.63) is 17.1 Å². The highest BCUT2D eigenvalue weighted by Gasteiger charge is 2.27. The van der Waals surface area contributed by atoms with Gasteiger partial charge in [-0.3, -0.25) is 0 Å². The minimum atomic E-state index is 0.418. The molecule has 1 heterocycles. The van der Waals surface area contributed by atoms with Crippen LogP contribution in [-0.2, 0) is 4.74 Å². The number of benzene rings is 1. The van der Waals surface area contributed by atoms with E-state index in [4.69, 9.17) is 14.2 Å². The second kappa shape index (κ2) is 9.99. The lowest BCUT2D eigenvalue weighted by Gasteiger charge is -2.30. The van der Waals surface area contributed by atoms with Gasteiger partial charge in [0.2, 0.25) is 11.1 Å². The predicted octanol–water partition coefficient (Wildman–Crippen LogP) is 4.37. The highest BCUT2D eigenvalue weighted by atomic mass is 16.5. The minimum absolute atomic E-state index is 0.418. The SMILES string of the molecule is CCCCOc1cc([N+]#N)c(OCCCC)c(N2CCOCC2)c1. The molecular formula is C18H28N3O3+. The van der Waals surface area contributed by atoms with Crippen LogP contribution in [0.2, 0.25) is 0 Å². The van der Waals surface area contributed by atoms with Crippen molar-refractivity contribution in [3.8, 4) is 11.5 Å². The molecular weight excluding hydrogens is 306 g/mol. The summed E-state index contributed by atoms with van der Waals surface area (Å²) in [6.07, 6.45) is 4.08. The molecule has 6 heteroatoms. The van der Waals surface area contributed by atoms with Gasteiger partial charge in [0, 0.05) is 19.2 Å². The van der Waals surface area contributed by atoms with Gasteiger partial charge >= 0.3 is 5.69 Å². The maximum absolute atomic E-state index is 9.44. The standard InChI is InChI=1S/C18H28N3O3/c1-3-5-9-23-15-13-16(20-19)18(24-10-6-4-2)17(14-15)21-7-11-22-12-8-21/h13-14H,3-12H2,1-2H3/q+1. The van der Waals surface area contributed by atoms with Crippen molar-refractivity contribution >= 4 is 11.4 Å². The van der Waals surface area contributed by atoms with Crippen LogP contribution >= 0.6 is 0 Å². The van der Waals surface area contributed by atoms with E-state index < -0.39 is 0 Å². The first-order valence-electron chi connectivity index (χ1n) is 8.91. The van der Waals surface area contributed by atoms with Gasteiger partial charge in [0.1, 0.15) is 5.75 Å². The van der Waals surface area contributed by atoms with Crippen molar-refractivity contribution < 1.29 is 14.2 Å². The Labute approximate surface area is 144 Å². The first kappa shape index (κ1) is 18.3. The van der Waals surface area contributed by atoms with Crippen molar-refractivity contribution in [2.24, 2.45) is 0 Å². The molecule has 132 valence electrons. The van der Waals surface area contributed by atoms with Crippen LogP contribution in [0.3, 0.4) is 0 Å². The van der Waals surface area contributed by atoms with E-state index in [2.05, 4.69) is 23.7 Å². The molecule has 1 saturated heterocycles. The van der Waals surface area contributed by atoms with E-state index >= 15 is 0 Å². The van der Waals surface area contributed by atoms with Crippen LogP contribution in [0.4, 0.5) is 11.4 Å². The zero-order valence-corrected chi connectivity index (χ0v) is 14.8. The molecule has 0 amide bonds. The molecule has 1 aliphatic rings. The molecule has 1 aliphatic heterocycles. The third-order valence-corrected chi connectivity index (χ3v) is 3.99. The first-order valence-corrected chi connectivity index (χ1v) is 8.91. The normalized spacial score (nSPS) is 14.3. The Kier molecular flexibility index (Phi) is 7.63. The average molecular weight is 334 g/mol. The summed E-state index contributed by atoms with van der Waals surface area (Å²) in [6, 6.07) is 3.72. The number of rotatable bonds is 9. The summed E-state index contributed by atoms with van der Waals surface area (Å²) in [4.78, 5) is 5.63. The van der Waals surface area contributed by atoms with Gasteiger partial charge in [-0.05, 0) is 12.8 Å². The van der Waals surface area contributed by atoms with Gasteiger partial charge in [0.15, 0.2) is 4.98 Å². The number of diazo groups is 1. The molecule has 0 saturated carbocycles. The number of unbranched alkanes of at least 4 members (excludes halogenated alkanes) is 2. The van der Waals surface area contributed by atoms with Gasteiger partial charge < -0.3 is 19.1 Å². The van der Waals surface area contributed by atoms with Crippen molar-refractivity contribution in [2.45, 2.75) is 39.5 Å². The molecule has 0 radical (unpaired) electrons. The Hall–Kier alpha value is -2.00. The zero-order valence-electron chi connectivity index (χ0n) is 14.8. The van der Waals surface area contributed by atoms with Crippen LogP contribution in [0.1, 0.15) is 39.5 Å². The van der Waals surface area contributed by atoms with E-state index in [0.717, 1.165) is 44.5 Å². The average Bonchev–Trinajstić information content (AvgIpc) is 2.63. The van der Waals surface area contributed by atoms with E-state index in [9.17, 15) is 5.39 Å². The summed E-state index contributed by atoms with van der Waals surface area (Å²) in [7, 11) is 0. The molecule has 2 rings (SSSR count). The van der Waals surface area contributed by atoms with E-state index in [1.165, 1.54) is 0 Å². The molecule has 24 heavy (non-hydrogen) atoms. The third kappa shape index (κ3) is 5.00. The highest BCUT2D eigenvalue weighted by molar-refractivity contribution is 5.75. The summed E-state index contributed by atoms with van der Waals surface area (Å²) >= 11 is 0. The topological polar surface area (TPSA) is 59.1 Å². The predicted molar refractivity (Wildman–Crippen MR) is 95.0 cm³/mol. The van der Waals surface area contributed by atoms with Crippen molar-refractivity contribution in [1.82, 2.24) is 0 Å². The lowest BCUT2D eigenvalue weighted by atomic mass is 10.2. The Morgan fingerprint density at radius 1 is 1.08 bits per heavy atom. The summed E-state index contributed by atoms with van der Waals surface area (Å²) in [5.41, 5.74) is 1.33. The highest BCUT2D eigenvalue weighted by Crippen LogP contribution is 2.42. The lowest BCUT2D eigenvalue weighted by Crippen LogP contribution is -2.36. The molecule has 1 aromatic rings. The van der Waals surface area contributed by atoms with Crippen LogP contribution in [0.15, 0.2) is 12.1 Å². The molecule has 0 spiro atoms. The number of hydrogen-bond acceptors (Lipinski definition) is 5. The summed E-state index contributed by atoms with van der Waals surface area (Å²) < 4.78 is 17.2. The second-order valence-electron chi connectivity index (χ2n) is 5.89. The van der Waals surface area contributed by atoms with E-state index in [0.29, 0.717) is 43.6 Å². The van der Waals surface area contributed by atoms with Crippen LogP contribution in [0.5, 0.6) is 11.5 Å². The molecule has 0 atom stereocenters. The molecule has 0 aliphatic carbocycles. The third-order valence-electron chi connectivity index (χ3n) is 3.99. The fourth-order valence-corrected chi connectivity index (χ4v) is 2.57. The minimum Gasteiger partial charge on any atom is -0.493 e. The molecule has 1 aromatic carbocycles. The second-order valence-corrected chi connectivity index (χ2v) is 5.89. The van der Waals surface area contributed by atoms with Gasteiger partial charge in [0.25, 0.3) is 0 Å². The summed E-state index contributed by atoms with van der Waals surface area (Å²) in [5.74, 6) is 1.33. The Morgan fingerprint density at radius 2 is 1.75 bits per heavy atom. The fraction of sp³-hybridized carbons (Fsp3) is 0.667. The molecule has 0 unspecified atom stereocenters. The molecule has 1 fully saturated rings. The van der Waals surface area contributed by atoms with Gasteiger partial charge in [-0.2, -0.15) is 0 Å². The van der Waals surface area contributed by atoms with Gasteiger partial charge in [-0.1, -0.05) is 26.7 Å². The monoisotopic (exact) mass is 334 g/mol. The van der Waals surface area contributed by atoms with E-state index in [1.807, 2.05) is 6.07 Å². The molecule has 6 nitrogen and oxygen atoms in total. The number of ether oxygens (including phenoxy) is 3. The molecule has 0 N–H and O–H groups in total. The fourth-order valence-electron chi connectivity index (χ4n) is 2.57. The van der Waals surface area contributed by atoms with Gasteiger partial charge in [-0.25, -0.2) is 0 Å². The van der Waals surface area contributed by atoms with Crippen LogP contribution in [0.25, 0.3) is 4.98 Å². The van der Waals surface area contributed by atoms with Crippen molar-refractivity contribution in [2.75, 3.05) is 44.4 Å². The van der Waals surface area contributed by atoms with E-state index in [-0.39, 0.29) is 0 Å². The van der Waals surface area contributed by atoms with Crippen LogP contribution in [0, 0.1) is 5.39 Å². The van der Waals surface area contributed by atoms with Gasteiger partial charge in [-0.15, -0.1) is 0 Å². The van der Waals surface area contributed by atoms with Crippen molar-refractivity contribution in [1.29, 1.82) is 5.39 Å². The van der Waals surface area contributed by atoms with Gasteiger partial charge in [0.05, 0.1) is 38.2 Å². The maximum atomic E-state index is 9.44.